The van der Waals surface area contributed by atoms with Crippen molar-refractivity contribution in [1.82, 2.24) is 15.2 Å². The van der Waals surface area contributed by atoms with Crippen LogP contribution in [0.3, 0.4) is 0 Å². The Bertz CT molecular complexity index is 739. The summed E-state index contributed by atoms with van der Waals surface area (Å²) in [5.74, 6) is 0.324. The summed E-state index contributed by atoms with van der Waals surface area (Å²) in [5, 5.41) is 3.19. The molecule has 1 aliphatic carbocycles. The third kappa shape index (κ3) is 4.34. The van der Waals surface area contributed by atoms with Crippen molar-refractivity contribution in [2.45, 2.75) is 77.9 Å². The second kappa shape index (κ2) is 7.63. The van der Waals surface area contributed by atoms with Crippen LogP contribution >= 0.6 is 0 Å². The van der Waals surface area contributed by atoms with Crippen LogP contribution in [0.5, 0.6) is 0 Å². The molecule has 2 atom stereocenters. The summed E-state index contributed by atoms with van der Waals surface area (Å²) in [6.07, 6.45) is 9.34. The highest BCUT2D eigenvalue weighted by atomic mass is 16.2. The number of Topliss-reactive ketones (excluding diaryl/α,β-unsaturated/α-hetero) is 1. The molecule has 5 heteroatoms. The molecule has 1 aliphatic heterocycles. The highest BCUT2D eigenvalue weighted by Gasteiger charge is 2.42. The second-order valence-corrected chi connectivity index (χ2v) is 9.22. The quantitative estimate of drug-likeness (QED) is 0.836. The Hall–Kier alpha value is -1.88. The number of hydrogen-bond donors (Lipinski definition) is 2. The molecule has 0 aromatic carbocycles. The summed E-state index contributed by atoms with van der Waals surface area (Å²) in [5.41, 5.74) is 3.39. The summed E-state index contributed by atoms with van der Waals surface area (Å²) in [4.78, 5) is 30.9. The van der Waals surface area contributed by atoms with Crippen LogP contribution in [0.2, 0.25) is 0 Å². The number of fused-ring (bicyclic) bond motifs is 1. The minimum Gasteiger partial charge on any atom is -0.361 e. The first-order chi connectivity index (χ1) is 12.7. The van der Waals surface area contributed by atoms with Crippen LogP contribution in [0, 0.1) is 5.92 Å². The van der Waals surface area contributed by atoms with E-state index in [1.54, 1.807) is 0 Å². The van der Waals surface area contributed by atoms with E-state index in [9.17, 15) is 9.59 Å². The number of H-pyrrole nitrogens is 1. The zero-order valence-electron chi connectivity index (χ0n) is 17.3. The number of likely N-dealkylation sites (tertiary alicyclic amines) is 1. The van der Waals surface area contributed by atoms with Crippen molar-refractivity contribution in [1.29, 1.82) is 0 Å². The number of allylic oxidation sites excluding steroid dienone is 1. The van der Waals surface area contributed by atoms with Crippen molar-refractivity contribution in [3.8, 4) is 0 Å². The number of carbonyl (C=O) groups excluding carboxylic acids is 2. The topological polar surface area (TPSA) is 65.2 Å². The minimum atomic E-state index is -0.111. The smallest absolute Gasteiger partial charge is 0.224 e. The van der Waals surface area contributed by atoms with Crippen molar-refractivity contribution in [2.75, 3.05) is 6.54 Å². The van der Waals surface area contributed by atoms with Gasteiger partial charge in [-0.15, -0.1) is 0 Å². The fourth-order valence-electron chi connectivity index (χ4n) is 4.33. The molecule has 1 amide bonds. The maximum absolute atomic E-state index is 12.7. The molecule has 0 unspecified atom stereocenters. The lowest BCUT2D eigenvalue weighted by Crippen LogP contribution is -2.49. The van der Waals surface area contributed by atoms with Crippen molar-refractivity contribution in [3.63, 3.8) is 0 Å². The molecule has 0 spiro atoms. The van der Waals surface area contributed by atoms with Crippen LogP contribution in [-0.4, -0.2) is 45.7 Å². The summed E-state index contributed by atoms with van der Waals surface area (Å²) >= 11 is 0. The van der Waals surface area contributed by atoms with Gasteiger partial charge in [0.05, 0.1) is 12.5 Å². The van der Waals surface area contributed by atoms with Crippen LogP contribution in [0.1, 0.15) is 64.3 Å². The predicted octanol–water partition coefficient (Wildman–Crippen LogP) is 3.10. The van der Waals surface area contributed by atoms with Gasteiger partial charge in [-0.05, 0) is 57.2 Å². The molecule has 1 aromatic rings. The molecule has 2 heterocycles. The van der Waals surface area contributed by atoms with Crippen molar-refractivity contribution in [2.24, 2.45) is 5.92 Å². The van der Waals surface area contributed by atoms with Gasteiger partial charge in [-0.3, -0.25) is 14.5 Å². The van der Waals surface area contributed by atoms with Crippen LogP contribution in [0.15, 0.2) is 12.3 Å². The summed E-state index contributed by atoms with van der Waals surface area (Å²) < 4.78 is 0. The lowest BCUT2D eigenvalue weighted by molar-refractivity contribution is -0.128. The zero-order valence-corrected chi connectivity index (χ0v) is 17.3. The molecule has 148 valence electrons. The van der Waals surface area contributed by atoms with Gasteiger partial charge in [-0.1, -0.05) is 19.9 Å². The van der Waals surface area contributed by atoms with Crippen molar-refractivity contribution < 1.29 is 9.59 Å². The van der Waals surface area contributed by atoms with Gasteiger partial charge in [0.25, 0.3) is 0 Å². The van der Waals surface area contributed by atoms with E-state index < -0.39 is 0 Å². The Balaban J connectivity index is 1.65. The third-order valence-corrected chi connectivity index (χ3v) is 5.74. The monoisotopic (exact) mass is 371 g/mol. The van der Waals surface area contributed by atoms with Gasteiger partial charge in [-0.2, -0.15) is 0 Å². The molecule has 2 N–H and O–H groups in total. The minimum absolute atomic E-state index is 0.00809. The van der Waals surface area contributed by atoms with Crippen molar-refractivity contribution >= 4 is 17.8 Å². The van der Waals surface area contributed by atoms with Crippen LogP contribution in [-0.2, 0) is 22.4 Å². The number of nitrogens with one attached hydrogen (secondary N) is 2. The van der Waals surface area contributed by atoms with Crippen molar-refractivity contribution in [3.05, 3.63) is 29.1 Å². The zero-order chi connectivity index (χ0) is 19.8. The largest absolute Gasteiger partial charge is 0.361 e. The molecule has 3 rings (SSSR count). The Labute approximate surface area is 162 Å². The SMILES string of the molecule is CC(C)C(=O)[C@H]1C[C@@H](NC(=O)Cc2c[nH]c3c2CCC=C3)CN1C(C)(C)C. The molecular formula is C22H33N3O2. The Morgan fingerprint density at radius 3 is 2.74 bits per heavy atom. The van der Waals surface area contributed by atoms with E-state index >= 15 is 0 Å². The normalized spacial score (nSPS) is 22.9. The average molecular weight is 372 g/mol. The van der Waals surface area contributed by atoms with E-state index in [4.69, 9.17) is 0 Å². The fourth-order valence-corrected chi connectivity index (χ4v) is 4.33. The molecule has 1 aromatic heterocycles. The first-order valence-electron chi connectivity index (χ1n) is 10.1. The molecule has 5 nitrogen and oxygen atoms in total. The predicted molar refractivity (Wildman–Crippen MR) is 108 cm³/mol. The molecule has 0 radical (unpaired) electrons. The molecule has 1 saturated heterocycles. The van der Waals surface area contributed by atoms with Crippen LogP contribution < -0.4 is 5.32 Å². The van der Waals surface area contributed by atoms with Gasteiger partial charge in [0.2, 0.25) is 5.91 Å². The summed E-state index contributed by atoms with van der Waals surface area (Å²) in [6, 6.07) is -0.0838. The number of amides is 1. The Morgan fingerprint density at radius 1 is 1.33 bits per heavy atom. The number of rotatable bonds is 5. The fraction of sp³-hybridized carbons (Fsp3) is 0.636. The first kappa shape index (κ1) is 19.9. The summed E-state index contributed by atoms with van der Waals surface area (Å²) in [6.45, 7) is 11.1. The van der Waals surface area contributed by atoms with E-state index in [0.717, 1.165) is 30.6 Å². The lowest BCUT2D eigenvalue weighted by atomic mass is 9.96. The van der Waals surface area contributed by atoms with Gasteiger partial charge in [0.15, 0.2) is 5.78 Å². The number of hydrogen-bond acceptors (Lipinski definition) is 3. The highest BCUT2D eigenvalue weighted by molar-refractivity contribution is 5.86. The number of carbonyl (C=O) groups is 2. The molecule has 0 bridgehead atoms. The van der Waals surface area contributed by atoms with E-state index in [1.165, 1.54) is 5.56 Å². The van der Waals surface area contributed by atoms with Gasteiger partial charge >= 0.3 is 0 Å². The average Bonchev–Trinajstić information content (AvgIpc) is 3.18. The third-order valence-electron chi connectivity index (χ3n) is 5.74. The van der Waals surface area contributed by atoms with Gasteiger partial charge in [-0.25, -0.2) is 0 Å². The van der Waals surface area contributed by atoms with Crippen LogP contribution in [0.25, 0.3) is 6.08 Å². The van der Waals surface area contributed by atoms with E-state index in [2.05, 4.69) is 48.1 Å². The second-order valence-electron chi connectivity index (χ2n) is 9.22. The maximum atomic E-state index is 12.7. The Morgan fingerprint density at radius 2 is 2.07 bits per heavy atom. The van der Waals surface area contributed by atoms with E-state index in [1.807, 2.05) is 20.0 Å². The Kier molecular flexibility index (Phi) is 5.61. The standard InChI is InChI=1S/C22H33N3O2/c1-14(2)21(27)19-11-16(13-25(19)22(3,4)5)24-20(26)10-15-12-23-18-9-7-6-8-17(15)18/h7,9,12,14,16,19,23H,6,8,10-11,13H2,1-5H3,(H,24,26)/t16-,19-/m1/s1. The van der Waals surface area contributed by atoms with Crippen LogP contribution in [0.4, 0.5) is 0 Å². The van der Waals surface area contributed by atoms with Gasteiger partial charge in [0.1, 0.15) is 0 Å². The van der Waals surface area contributed by atoms with E-state index in [-0.39, 0.29) is 35.2 Å². The first-order valence-corrected chi connectivity index (χ1v) is 10.1. The number of nitrogens with zero attached hydrogens (tertiary/aromatic N) is 1. The molecular weight excluding hydrogens is 338 g/mol. The molecule has 27 heavy (non-hydrogen) atoms. The summed E-state index contributed by atoms with van der Waals surface area (Å²) in [7, 11) is 0. The maximum Gasteiger partial charge on any atom is 0.224 e. The number of aromatic nitrogens is 1. The molecule has 1 fully saturated rings. The number of aromatic amines is 1. The van der Waals surface area contributed by atoms with Gasteiger partial charge in [0, 0.05) is 35.9 Å². The number of ketones is 1. The van der Waals surface area contributed by atoms with Gasteiger partial charge < -0.3 is 10.3 Å². The van der Waals surface area contributed by atoms with E-state index in [0.29, 0.717) is 12.8 Å². The highest BCUT2D eigenvalue weighted by Crippen LogP contribution is 2.29. The molecule has 2 aliphatic rings. The lowest BCUT2D eigenvalue weighted by Gasteiger charge is -2.36. The molecule has 0 saturated carbocycles.